The Morgan fingerprint density at radius 3 is 1.93 bits per heavy atom. The number of carbonyl (C=O) groups is 2. The molecule has 76 valence electrons. The van der Waals surface area contributed by atoms with Crippen molar-refractivity contribution in [1.82, 2.24) is 14.5 Å². The minimum Gasteiger partial charge on any atom is -0.341 e. The molecule has 0 atom stereocenters. The van der Waals surface area contributed by atoms with Crippen LogP contribution in [0.2, 0.25) is 0 Å². The van der Waals surface area contributed by atoms with E-state index in [0.29, 0.717) is 12.8 Å². The Kier molecular flexibility index (Phi) is 3.39. The molecule has 2 rings (SSSR count). The fraction of sp³-hybridized carbons (Fsp3) is 0.444. The first-order valence-electron chi connectivity index (χ1n) is 4.32. The highest BCUT2D eigenvalue weighted by atomic mass is 16.2. The van der Waals surface area contributed by atoms with E-state index in [-0.39, 0.29) is 11.8 Å². The lowest BCUT2D eigenvalue weighted by Gasteiger charge is -2.01. The van der Waals surface area contributed by atoms with Crippen molar-refractivity contribution >= 4 is 11.8 Å². The van der Waals surface area contributed by atoms with Gasteiger partial charge in [-0.05, 0) is 0 Å². The summed E-state index contributed by atoms with van der Waals surface area (Å²) in [5.74, 6) is -0.120. The third kappa shape index (κ3) is 2.69. The van der Waals surface area contributed by atoms with Crippen LogP contribution in [0.25, 0.3) is 0 Å². The van der Waals surface area contributed by atoms with E-state index in [9.17, 15) is 9.59 Å². The predicted molar refractivity (Wildman–Crippen MR) is 50.2 cm³/mol. The van der Waals surface area contributed by atoms with Crippen LogP contribution in [0.3, 0.4) is 0 Å². The quantitative estimate of drug-likeness (QED) is 0.555. The average Bonchev–Trinajstić information content (AvgIpc) is 2.73. The minimum atomic E-state index is -0.0602. The van der Waals surface area contributed by atoms with Gasteiger partial charge in [0.05, 0.1) is 6.33 Å². The van der Waals surface area contributed by atoms with Gasteiger partial charge in [0.2, 0.25) is 11.8 Å². The molecule has 0 aromatic carbocycles. The normalized spacial score (nSPS) is 15.4. The molecule has 0 N–H and O–H groups in total. The molecule has 1 aliphatic heterocycles. The molecule has 0 radical (unpaired) electrons. The van der Waals surface area contributed by atoms with Crippen molar-refractivity contribution in [2.45, 2.75) is 12.8 Å². The van der Waals surface area contributed by atoms with Crippen molar-refractivity contribution in [3.63, 3.8) is 0 Å². The Hall–Kier alpha value is -1.65. The van der Waals surface area contributed by atoms with Gasteiger partial charge in [-0.2, -0.15) is 0 Å². The lowest BCUT2D eigenvalue weighted by Crippen LogP contribution is -2.23. The molecule has 0 bridgehead atoms. The van der Waals surface area contributed by atoms with Crippen LogP contribution in [0, 0.1) is 0 Å². The van der Waals surface area contributed by atoms with E-state index in [4.69, 9.17) is 0 Å². The van der Waals surface area contributed by atoms with Gasteiger partial charge in [-0.1, -0.05) is 0 Å². The van der Waals surface area contributed by atoms with Crippen LogP contribution in [0.15, 0.2) is 18.7 Å². The first kappa shape index (κ1) is 10.4. The Bertz CT molecular complexity index is 303. The Labute approximate surface area is 82.3 Å². The van der Waals surface area contributed by atoms with Gasteiger partial charge in [-0.3, -0.25) is 14.5 Å². The summed E-state index contributed by atoms with van der Waals surface area (Å²) < 4.78 is 1.89. The molecule has 0 saturated carbocycles. The molecule has 2 heterocycles. The van der Waals surface area contributed by atoms with Crippen LogP contribution in [0.5, 0.6) is 0 Å². The molecule has 1 aromatic rings. The molecular weight excluding hydrogens is 182 g/mol. The summed E-state index contributed by atoms with van der Waals surface area (Å²) in [5.41, 5.74) is 0. The molecule has 14 heavy (non-hydrogen) atoms. The molecule has 0 spiro atoms. The zero-order chi connectivity index (χ0) is 10.6. The van der Waals surface area contributed by atoms with Crippen LogP contribution in [-0.4, -0.2) is 33.3 Å². The molecule has 5 heteroatoms. The van der Waals surface area contributed by atoms with Gasteiger partial charge < -0.3 is 4.57 Å². The summed E-state index contributed by atoms with van der Waals surface area (Å²) in [6.07, 6.45) is 6.19. The van der Waals surface area contributed by atoms with E-state index in [1.54, 1.807) is 12.5 Å². The Morgan fingerprint density at radius 1 is 1.21 bits per heavy atom. The highest BCUT2D eigenvalue weighted by molar-refractivity contribution is 6.01. The minimum absolute atomic E-state index is 0.0602. The SMILES string of the molecule is CN1C(=O)CCC1=O.Cn1ccnc1. The molecule has 1 aliphatic rings. The number of hydrogen-bond donors (Lipinski definition) is 0. The number of imide groups is 1. The maximum absolute atomic E-state index is 10.5. The first-order valence-corrected chi connectivity index (χ1v) is 4.32. The van der Waals surface area contributed by atoms with Gasteiger partial charge in [0.15, 0.2) is 0 Å². The monoisotopic (exact) mass is 195 g/mol. The maximum Gasteiger partial charge on any atom is 0.229 e. The van der Waals surface area contributed by atoms with Gasteiger partial charge in [0.25, 0.3) is 0 Å². The second-order valence-corrected chi connectivity index (χ2v) is 3.07. The van der Waals surface area contributed by atoms with Crippen molar-refractivity contribution in [3.8, 4) is 0 Å². The number of imidazole rings is 1. The summed E-state index contributed by atoms with van der Waals surface area (Å²) in [6.45, 7) is 0. The molecule has 0 aliphatic carbocycles. The molecule has 1 saturated heterocycles. The van der Waals surface area contributed by atoms with Crippen LogP contribution in [0.4, 0.5) is 0 Å². The summed E-state index contributed by atoms with van der Waals surface area (Å²) in [6, 6.07) is 0. The number of amides is 2. The number of aryl methyl sites for hydroxylation is 1. The number of hydrogen-bond acceptors (Lipinski definition) is 3. The maximum atomic E-state index is 10.5. The van der Waals surface area contributed by atoms with Crippen LogP contribution in [-0.2, 0) is 16.6 Å². The van der Waals surface area contributed by atoms with Gasteiger partial charge >= 0.3 is 0 Å². The van der Waals surface area contributed by atoms with E-state index in [2.05, 4.69) is 4.98 Å². The van der Waals surface area contributed by atoms with Gasteiger partial charge in [-0.15, -0.1) is 0 Å². The fourth-order valence-electron chi connectivity index (χ4n) is 1.01. The first-order chi connectivity index (χ1) is 6.61. The highest BCUT2D eigenvalue weighted by Crippen LogP contribution is 2.07. The molecule has 5 nitrogen and oxygen atoms in total. The van der Waals surface area contributed by atoms with E-state index in [1.807, 2.05) is 17.8 Å². The lowest BCUT2D eigenvalue weighted by molar-refractivity contribution is -0.136. The topological polar surface area (TPSA) is 55.2 Å². The Balaban J connectivity index is 0.000000146. The van der Waals surface area contributed by atoms with Gasteiger partial charge in [0.1, 0.15) is 0 Å². The smallest absolute Gasteiger partial charge is 0.229 e. The van der Waals surface area contributed by atoms with Crippen molar-refractivity contribution in [2.24, 2.45) is 7.05 Å². The van der Waals surface area contributed by atoms with Crippen LogP contribution >= 0.6 is 0 Å². The number of nitrogens with zero attached hydrogens (tertiary/aromatic N) is 3. The summed E-state index contributed by atoms with van der Waals surface area (Å²) in [7, 11) is 3.45. The Morgan fingerprint density at radius 2 is 1.79 bits per heavy atom. The zero-order valence-electron chi connectivity index (χ0n) is 8.30. The number of likely N-dealkylation sites (tertiary alicyclic amines) is 1. The van der Waals surface area contributed by atoms with E-state index < -0.39 is 0 Å². The molecule has 0 unspecified atom stereocenters. The van der Waals surface area contributed by atoms with E-state index in [1.165, 1.54) is 11.9 Å². The number of rotatable bonds is 0. The third-order valence-electron chi connectivity index (χ3n) is 1.94. The third-order valence-corrected chi connectivity index (χ3v) is 1.94. The van der Waals surface area contributed by atoms with Gasteiger partial charge in [-0.25, -0.2) is 4.98 Å². The summed E-state index contributed by atoms with van der Waals surface area (Å²) >= 11 is 0. The fourth-order valence-corrected chi connectivity index (χ4v) is 1.01. The zero-order valence-corrected chi connectivity index (χ0v) is 8.30. The van der Waals surface area contributed by atoms with Crippen molar-refractivity contribution in [1.29, 1.82) is 0 Å². The van der Waals surface area contributed by atoms with E-state index >= 15 is 0 Å². The molecule has 1 aromatic heterocycles. The van der Waals surface area contributed by atoms with Crippen molar-refractivity contribution in [2.75, 3.05) is 7.05 Å². The number of aromatic nitrogens is 2. The largest absolute Gasteiger partial charge is 0.341 e. The lowest BCUT2D eigenvalue weighted by atomic mass is 10.4. The standard InChI is InChI=1S/C5H7NO2.C4H6N2/c1-6-4(7)2-3-5(6)8;1-6-3-2-5-4-6/h2-3H2,1H3;2-4H,1H3. The average molecular weight is 195 g/mol. The molecular formula is C9H13N3O2. The van der Waals surface area contributed by atoms with Crippen molar-refractivity contribution < 1.29 is 9.59 Å². The van der Waals surface area contributed by atoms with Gasteiger partial charge in [0, 0.05) is 39.3 Å². The van der Waals surface area contributed by atoms with Crippen molar-refractivity contribution in [3.05, 3.63) is 18.7 Å². The summed E-state index contributed by atoms with van der Waals surface area (Å²) in [4.78, 5) is 25.9. The number of carbonyl (C=O) groups excluding carboxylic acids is 2. The second kappa shape index (κ2) is 4.55. The molecule has 1 fully saturated rings. The molecule has 2 amide bonds. The second-order valence-electron chi connectivity index (χ2n) is 3.07. The predicted octanol–water partition coefficient (Wildman–Crippen LogP) is 0.185. The van der Waals surface area contributed by atoms with Crippen LogP contribution in [0.1, 0.15) is 12.8 Å². The van der Waals surface area contributed by atoms with Crippen LogP contribution < -0.4 is 0 Å². The summed E-state index contributed by atoms with van der Waals surface area (Å²) in [5, 5.41) is 0. The van der Waals surface area contributed by atoms with E-state index in [0.717, 1.165) is 0 Å². The highest BCUT2D eigenvalue weighted by Gasteiger charge is 2.24.